The molecule has 5 heteroatoms. The van der Waals surface area contributed by atoms with E-state index in [9.17, 15) is 0 Å². The van der Waals surface area contributed by atoms with E-state index in [2.05, 4.69) is 44.2 Å². The van der Waals surface area contributed by atoms with Crippen LogP contribution in [0, 0.1) is 6.92 Å². The molecule has 0 unspecified atom stereocenters. The third kappa shape index (κ3) is 2.98. The first-order valence-electron chi connectivity index (χ1n) is 5.75. The minimum atomic E-state index is 0.472. The van der Waals surface area contributed by atoms with Crippen LogP contribution in [0.3, 0.4) is 0 Å². The quantitative estimate of drug-likeness (QED) is 0.912. The Kier molecular flexibility index (Phi) is 3.81. The van der Waals surface area contributed by atoms with Gasteiger partial charge in [-0.2, -0.15) is 0 Å². The smallest absolute Gasteiger partial charge is 0.136 e. The van der Waals surface area contributed by atoms with E-state index in [0.29, 0.717) is 11.6 Å². The molecule has 1 heterocycles. The van der Waals surface area contributed by atoms with Gasteiger partial charge in [0.1, 0.15) is 17.5 Å². The molecule has 0 aliphatic carbocycles. The van der Waals surface area contributed by atoms with Crippen LogP contribution >= 0.6 is 15.9 Å². The van der Waals surface area contributed by atoms with Crippen LogP contribution in [0.2, 0.25) is 0 Å². The minimum absolute atomic E-state index is 0.472. The molecule has 0 amide bonds. The van der Waals surface area contributed by atoms with E-state index in [0.717, 1.165) is 22.4 Å². The molecule has 2 aromatic rings. The van der Waals surface area contributed by atoms with Crippen molar-refractivity contribution in [1.82, 2.24) is 9.97 Å². The number of aryl methyl sites for hydroxylation is 2. The fourth-order valence-electron chi connectivity index (χ4n) is 1.77. The van der Waals surface area contributed by atoms with Crippen molar-refractivity contribution in [2.24, 2.45) is 0 Å². The summed E-state index contributed by atoms with van der Waals surface area (Å²) in [5.41, 5.74) is 7.97. The number of benzene rings is 1. The molecule has 0 atom stereocenters. The van der Waals surface area contributed by atoms with E-state index >= 15 is 0 Å². The SMILES string of the molecule is CCc1cc(Br)ccc1Nc1cc(N)nc(C)n1. The molecule has 4 nitrogen and oxygen atoms in total. The van der Waals surface area contributed by atoms with Gasteiger partial charge in [0.2, 0.25) is 0 Å². The Morgan fingerprint density at radius 1 is 1.28 bits per heavy atom. The third-order valence-electron chi connectivity index (χ3n) is 2.57. The van der Waals surface area contributed by atoms with E-state index in [-0.39, 0.29) is 0 Å². The number of halogens is 1. The first-order valence-corrected chi connectivity index (χ1v) is 6.54. The highest BCUT2D eigenvalue weighted by molar-refractivity contribution is 9.10. The molecule has 0 radical (unpaired) electrons. The summed E-state index contributed by atoms with van der Waals surface area (Å²) >= 11 is 3.47. The highest BCUT2D eigenvalue weighted by Gasteiger charge is 2.04. The number of nitrogens with zero attached hydrogens (tertiary/aromatic N) is 2. The molecule has 1 aromatic heterocycles. The van der Waals surface area contributed by atoms with E-state index < -0.39 is 0 Å². The number of hydrogen-bond donors (Lipinski definition) is 2. The average Bonchev–Trinajstić information content (AvgIpc) is 2.30. The van der Waals surface area contributed by atoms with Crippen molar-refractivity contribution in [2.75, 3.05) is 11.1 Å². The first kappa shape index (κ1) is 12.8. The van der Waals surface area contributed by atoms with Crippen molar-refractivity contribution in [2.45, 2.75) is 20.3 Å². The maximum atomic E-state index is 5.71. The van der Waals surface area contributed by atoms with Crippen LogP contribution in [0.5, 0.6) is 0 Å². The number of nitrogens with two attached hydrogens (primary N) is 1. The predicted molar refractivity (Wildman–Crippen MR) is 78.0 cm³/mol. The molecule has 94 valence electrons. The molecule has 1 aromatic carbocycles. The van der Waals surface area contributed by atoms with Gasteiger partial charge in [-0.15, -0.1) is 0 Å². The van der Waals surface area contributed by atoms with Gasteiger partial charge in [-0.1, -0.05) is 22.9 Å². The fraction of sp³-hybridized carbons (Fsp3) is 0.231. The topological polar surface area (TPSA) is 63.8 Å². The Labute approximate surface area is 115 Å². The largest absolute Gasteiger partial charge is 0.384 e. The van der Waals surface area contributed by atoms with Crippen molar-refractivity contribution in [1.29, 1.82) is 0 Å². The second-order valence-corrected chi connectivity index (χ2v) is 4.92. The molecule has 3 N–H and O–H groups in total. The summed E-state index contributed by atoms with van der Waals surface area (Å²) in [6.07, 6.45) is 0.946. The van der Waals surface area contributed by atoms with E-state index in [1.54, 1.807) is 6.07 Å². The Hall–Kier alpha value is -1.62. The maximum Gasteiger partial charge on any atom is 0.136 e. The van der Waals surface area contributed by atoms with Crippen LogP contribution in [-0.4, -0.2) is 9.97 Å². The lowest BCUT2D eigenvalue weighted by Crippen LogP contribution is -2.02. The van der Waals surface area contributed by atoms with E-state index in [1.165, 1.54) is 5.56 Å². The normalized spacial score (nSPS) is 10.4. The number of rotatable bonds is 3. The van der Waals surface area contributed by atoms with Crippen molar-refractivity contribution >= 4 is 33.3 Å². The van der Waals surface area contributed by atoms with Crippen LogP contribution in [-0.2, 0) is 6.42 Å². The Morgan fingerprint density at radius 3 is 2.72 bits per heavy atom. The Balaban J connectivity index is 2.33. The zero-order valence-electron chi connectivity index (χ0n) is 10.4. The summed E-state index contributed by atoms with van der Waals surface area (Å²) in [5, 5.41) is 3.28. The van der Waals surface area contributed by atoms with Gasteiger partial charge in [0.05, 0.1) is 0 Å². The molecule has 0 saturated heterocycles. The van der Waals surface area contributed by atoms with Crippen LogP contribution in [0.1, 0.15) is 18.3 Å². The van der Waals surface area contributed by atoms with E-state index in [4.69, 9.17) is 5.73 Å². The second-order valence-electron chi connectivity index (χ2n) is 4.01. The lowest BCUT2D eigenvalue weighted by atomic mass is 10.1. The predicted octanol–water partition coefficient (Wildman–Crippen LogP) is 3.44. The number of nitrogens with one attached hydrogen (secondary N) is 1. The van der Waals surface area contributed by atoms with Gasteiger partial charge < -0.3 is 11.1 Å². The highest BCUT2D eigenvalue weighted by Crippen LogP contribution is 2.24. The van der Waals surface area contributed by atoms with Gasteiger partial charge in [-0.25, -0.2) is 9.97 Å². The monoisotopic (exact) mass is 306 g/mol. The zero-order chi connectivity index (χ0) is 13.1. The number of aromatic nitrogens is 2. The van der Waals surface area contributed by atoms with Crippen molar-refractivity contribution in [3.8, 4) is 0 Å². The van der Waals surface area contributed by atoms with Crippen LogP contribution in [0.15, 0.2) is 28.7 Å². The summed E-state index contributed by atoms with van der Waals surface area (Å²) in [6.45, 7) is 3.94. The second kappa shape index (κ2) is 5.35. The third-order valence-corrected chi connectivity index (χ3v) is 3.06. The van der Waals surface area contributed by atoms with Gasteiger partial charge in [-0.3, -0.25) is 0 Å². The number of anilines is 3. The van der Waals surface area contributed by atoms with Gasteiger partial charge in [0.25, 0.3) is 0 Å². The summed E-state index contributed by atoms with van der Waals surface area (Å²) in [5.74, 6) is 1.85. The first-order chi connectivity index (χ1) is 8.58. The molecular formula is C13H15BrN4. The van der Waals surface area contributed by atoms with Crippen molar-refractivity contribution in [3.63, 3.8) is 0 Å². The van der Waals surface area contributed by atoms with Gasteiger partial charge in [0, 0.05) is 16.2 Å². The zero-order valence-corrected chi connectivity index (χ0v) is 12.0. The molecule has 18 heavy (non-hydrogen) atoms. The standard InChI is InChI=1S/C13H15BrN4/c1-3-9-6-10(14)4-5-11(9)18-13-7-12(15)16-8(2)17-13/h4-7H,3H2,1-2H3,(H3,15,16,17,18). The molecule has 2 rings (SSSR count). The fourth-order valence-corrected chi connectivity index (χ4v) is 2.18. The molecule has 0 aliphatic rings. The summed E-state index contributed by atoms with van der Waals surface area (Å²) in [7, 11) is 0. The maximum absolute atomic E-state index is 5.71. The molecule has 0 bridgehead atoms. The molecular weight excluding hydrogens is 292 g/mol. The molecule has 0 saturated carbocycles. The summed E-state index contributed by atoms with van der Waals surface area (Å²) in [4.78, 5) is 8.36. The lowest BCUT2D eigenvalue weighted by Gasteiger charge is -2.11. The van der Waals surface area contributed by atoms with Crippen molar-refractivity contribution < 1.29 is 0 Å². The van der Waals surface area contributed by atoms with Gasteiger partial charge in [0.15, 0.2) is 0 Å². The van der Waals surface area contributed by atoms with Crippen LogP contribution in [0.25, 0.3) is 0 Å². The average molecular weight is 307 g/mol. The van der Waals surface area contributed by atoms with Crippen molar-refractivity contribution in [3.05, 3.63) is 40.1 Å². The van der Waals surface area contributed by atoms with Crippen LogP contribution < -0.4 is 11.1 Å². The van der Waals surface area contributed by atoms with Gasteiger partial charge >= 0.3 is 0 Å². The minimum Gasteiger partial charge on any atom is -0.384 e. The lowest BCUT2D eigenvalue weighted by molar-refractivity contribution is 1.06. The molecule has 0 aliphatic heterocycles. The van der Waals surface area contributed by atoms with E-state index in [1.807, 2.05) is 19.1 Å². The summed E-state index contributed by atoms with van der Waals surface area (Å²) in [6, 6.07) is 7.85. The Bertz CT molecular complexity index is 549. The molecule has 0 fully saturated rings. The highest BCUT2D eigenvalue weighted by atomic mass is 79.9. The Morgan fingerprint density at radius 2 is 2.06 bits per heavy atom. The van der Waals surface area contributed by atoms with Gasteiger partial charge in [-0.05, 0) is 37.1 Å². The number of hydrogen-bond acceptors (Lipinski definition) is 4. The number of nitrogen functional groups attached to an aromatic ring is 1. The van der Waals surface area contributed by atoms with Crippen LogP contribution in [0.4, 0.5) is 17.3 Å². The summed E-state index contributed by atoms with van der Waals surface area (Å²) < 4.78 is 1.07. The molecule has 0 spiro atoms.